The second-order valence-electron chi connectivity index (χ2n) is 8.51. The van der Waals surface area contributed by atoms with Gasteiger partial charge in [0, 0.05) is 24.7 Å². The van der Waals surface area contributed by atoms with Crippen molar-refractivity contribution in [3.8, 4) is 0 Å². The van der Waals surface area contributed by atoms with Crippen LogP contribution in [0.15, 0.2) is 24.1 Å². The lowest BCUT2D eigenvalue weighted by Crippen LogP contribution is -2.48. The maximum atomic E-state index is 13.0. The first-order valence-electron chi connectivity index (χ1n) is 9.67. The first-order chi connectivity index (χ1) is 12.1. The molecule has 0 N–H and O–H groups in total. The summed E-state index contributed by atoms with van der Waals surface area (Å²) in [6, 6.07) is 0.307. The van der Waals surface area contributed by atoms with E-state index < -0.39 is 0 Å². The minimum Gasteiger partial charge on any atom is -0.383 e. The van der Waals surface area contributed by atoms with E-state index in [-0.39, 0.29) is 11.1 Å². The van der Waals surface area contributed by atoms with Gasteiger partial charge in [-0.2, -0.15) is 0 Å². The van der Waals surface area contributed by atoms with Gasteiger partial charge in [0.05, 0.1) is 32.2 Å². The van der Waals surface area contributed by atoms with Crippen molar-refractivity contribution in [2.24, 2.45) is 0 Å². The Morgan fingerprint density at radius 1 is 1.20 bits per heavy atom. The van der Waals surface area contributed by atoms with E-state index in [0.29, 0.717) is 19.3 Å². The van der Waals surface area contributed by atoms with E-state index in [1.807, 2.05) is 0 Å². The zero-order valence-corrected chi connectivity index (χ0v) is 15.4. The number of nitrogens with zero attached hydrogens (tertiary/aromatic N) is 2. The number of rotatable bonds is 6. The van der Waals surface area contributed by atoms with Crippen LogP contribution in [0.5, 0.6) is 0 Å². The monoisotopic (exact) mass is 350 g/mol. The molecule has 4 nitrogen and oxygen atoms in total. The molecule has 5 heteroatoms. The van der Waals surface area contributed by atoms with E-state index >= 15 is 0 Å². The Balaban J connectivity index is 1.38. The van der Waals surface area contributed by atoms with Gasteiger partial charge in [0.1, 0.15) is 0 Å². The van der Waals surface area contributed by atoms with Crippen molar-refractivity contribution in [2.45, 2.75) is 55.6 Å². The van der Waals surface area contributed by atoms with Crippen LogP contribution in [0.2, 0.25) is 0 Å². The van der Waals surface area contributed by atoms with Gasteiger partial charge in [0.25, 0.3) is 0 Å². The number of hydrogen-bond donors (Lipinski definition) is 0. The van der Waals surface area contributed by atoms with Crippen LogP contribution in [-0.4, -0.2) is 73.5 Å². The molecule has 4 fully saturated rings. The lowest BCUT2D eigenvalue weighted by Gasteiger charge is -2.35. The van der Waals surface area contributed by atoms with Gasteiger partial charge in [-0.15, -0.1) is 0 Å². The highest BCUT2D eigenvalue weighted by Gasteiger charge is 2.51. The summed E-state index contributed by atoms with van der Waals surface area (Å²) < 4.78 is 24.8. The molecule has 0 saturated carbocycles. The van der Waals surface area contributed by atoms with Gasteiger partial charge in [0.15, 0.2) is 0 Å². The molecule has 4 heterocycles. The fourth-order valence-corrected chi connectivity index (χ4v) is 5.89. The number of halogens is 1. The Morgan fingerprint density at radius 3 is 2.80 bits per heavy atom. The van der Waals surface area contributed by atoms with Crippen LogP contribution in [0.3, 0.4) is 0 Å². The van der Waals surface area contributed by atoms with Gasteiger partial charge in [-0.05, 0) is 57.2 Å². The van der Waals surface area contributed by atoms with E-state index in [4.69, 9.17) is 9.47 Å². The second-order valence-corrected chi connectivity index (χ2v) is 8.51. The molecule has 140 valence electrons. The van der Waals surface area contributed by atoms with Gasteiger partial charge in [-0.3, -0.25) is 9.80 Å². The third-order valence-corrected chi connectivity index (χ3v) is 6.96. The molecule has 4 saturated heterocycles. The van der Waals surface area contributed by atoms with Crippen molar-refractivity contribution < 1.29 is 13.9 Å². The molecular formula is C20H31FN2O2. The van der Waals surface area contributed by atoms with Crippen LogP contribution in [0.4, 0.5) is 4.39 Å². The summed E-state index contributed by atoms with van der Waals surface area (Å²) in [7, 11) is 1.79. The van der Waals surface area contributed by atoms with E-state index in [1.165, 1.54) is 24.8 Å². The highest BCUT2D eigenvalue weighted by atomic mass is 19.1. The Bertz CT molecular complexity index is 566. The molecule has 0 spiro atoms. The predicted molar refractivity (Wildman–Crippen MR) is 96.3 cm³/mol. The molecule has 2 unspecified atom stereocenters. The smallest absolute Gasteiger partial charge is 0.0872 e. The Labute approximate surface area is 150 Å². The third kappa shape index (κ3) is 2.89. The van der Waals surface area contributed by atoms with Crippen LogP contribution in [0.25, 0.3) is 0 Å². The minimum absolute atomic E-state index is 0.0342. The molecule has 0 aromatic heterocycles. The Morgan fingerprint density at radius 2 is 2.00 bits per heavy atom. The molecule has 0 bridgehead atoms. The topological polar surface area (TPSA) is 24.9 Å². The molecule has 4 rings (SSSR count). The van der Waals surface area contributed by atoms with Crippen LogP contribution >= 0.6 is 0 Å². The molecular weight excluding hydrogens is 319 g/mol. The lowest BCUT2D eigenvalue weighted by molar-refractivity contribution is -0.00477. The van der Waals surface area contributed by atoms with Crippen LogP contribution in [0, 0.1) is 0 Å². The summed E-state index contributed by atoms with van der Waals surface area (Å²) >= 11 is 0. The summed E-state index contributed by atoms with van der Waals surface area (Å²) in [6.45, 7) is 9.49. The molecule has 0 aromatic carbocycles. The normalized spacial score (nSPS) is 40.3. The molecule has 0 aromatic rings. The average molecular weight is 350 g/mol. The number of ether oxygens (including phenoxy) is 2. The van der Waals surface area contributed by atoms with Gasteiger partial charge in [-0.1, -0.05) is 12.2 Å². The maximum absolute atomic E-state index is 13.0. The van der Waals surface area contributed by atoms with Crippen molar-refractivity contribution in [1.29, 1.82) is 0 Å². The van der Waals surface area contributed by atoms with E-state index in [0.717, 1.165) is 57.4 Å². The number of hydrogen-bond acceptors (Lipinski definition) is 4. The van der Waals surface area contributed by atoms with E-state index in [9.17, 15) is 4.39 Å². The summed E-state index contributed by atoms with van der Waals surface area (Å²) in [5.74, 6) is 0. The van der Waals surface area contributed by atoms with Gasteiger partial charge in [-0.25, -0.2) is 4.39 Å². The summed E-state index contributed by atoms with van der Waals surface area (Å²) in [6.07, 6.45) is 7.40. The van der Waals surface area contributed by atoms with Gasteiger partial charge < -0.3 is 9.47 Å². The zero-order valence-electron chi connectivity index (χ0n) is 15.4. The molecule has 25 heavy (non-hydrogen) atoms. The largest absolute Gasteiger partial charge is 0.383 e. The van der Waals surface area contributed by atoms with E-state index in [2.05, 4.69) is 16.4 Å². The maximum Gasteiger partial charge on any atom is 0.0872 e. The molecule has 0 amide bonds. The Kier molecular flexibility index (Phi) is 4.78. The van der Waals surface area contributed by atoms with Crippen molar-refractivity contribution in [2.75, 3.05) is 46.6 Å². The van der Waals surface area contributed by atoms with Crippen LogP contribution in [0.1, 0.15) is 38.5 Å². The molecule has 4 aliphatic heterocycles. The van der Waals surface area contributed by atoms with Gasteiger partial charge >= 0.3 is 0 Å². The molecule has 4 aliphatic rings. The first kappa shape index (κ1) is 17.7. The quantitative estimate of drug-likeness (QED) is 0.688. The standard InChI is InChI=1S/C20H31FN2O2/c1-16-9-20(14-24-2)6-4-8-23(20)18(16)13-25-15-19-5-3-7-22(19)12-17(10-19)11-21/h11,18H,1,3-10,12-15H2,2H3/b17-11-/t18?,19?,20-/m0/s1. The lowest BCUT2D eigenvalue weighted by atomic mass is 9.93. The Hall–Kier alpha value is -0.750. The molecule has 0 radical (unpaired) electrons. The summed E-state index contributed by atoms with van der Waals surface area (Å²) in [5.41, 5.74) is 2.39. The summed E-state index contributed by atoms with van der Waals surface area (Å²) in [5, 5.41) is 0. The van der Waals surface area contributed by atoms with Crippen molar-refractivity contribution in [1.82, 2.24) is 9.80 Å². The fourth-order valence-electron chi connectivity index (χ4n) is 5.89. The van der Waals surface area contributed by atoms with Crippen molar-refractivity contribution >= 4 is 0 Å². The summed E-state index contributed by atoms with van der Waals surface area (Å²) in [4.78, 5) is 5.00. The van der Waals surface area contributed by atoms with Crippen molar-refractivity contribution in [3.63, 3.8) is 0 Å². The van der Waals surface area contributed by atoms with Crippen LogP contribution < -0.4 is 0 Å². The highest BCUT2D eigenvalue weighted by Crippen LogP contribution is 2.45. The van der Waals surface area contributed by atoms with Crippen molar-refractivity contribution in [3.05, 3.63) is 24.1 Å². The number of methoxy groups -OCH3 is 1. The predicted octanol–water partition coefficient (Wildman–Crippen LogP) is 2.90. The minimum atomic E-state index is 0.0342. The molecule has 3 atom stereocenters. The SMILES string of the molecule is C=C1C[C@]2(COC)CCCN2C1COCC12CCCN1C/C(=C\F)C2. The van der Waals surface area contributed by atoms with Crippen LogP contribution in [-0.2, 0) is 9.47 Å². The van der Waals surface area contributed by atoms with Gasteiger partial charge in [0.2, 0.25) is 0 Å². The van der Waals surface area contributed by atoms with E-state index in [1.54, 1.807) is 7.11 Å². The zero-order chi connectivity index (χ0) is 17.5. The first-order valence-corrected chi connectivity index (χ1v) is 9.67. The molecule has 0 aliphatic carbocycles. The second kappa shape index (κ2) is 6.76. The highest BCUT2D eigenvalue weighted by molar-refractivity contribution is 5.24. The fraction of sp³-hybridized carbons (Fsp3) is 0.800. The number of fused-ring (bicyclic) bond motifs is 2. The average Bonchev–Trinajstić information content (AvgIpc) is 3.28. The third-order valence-electron chi connectivity index (χ3n) is 6.96.